The van der Waals surface area contributed by atoms with Crippen LogP contribution in [-0.2, 0) is 0 Å². The minimum atomic E-state index is -0.465. The van der Waals surface area contributed by atoms with Gasteiger partial charge in [0, 0.05) is 17.7 Å². The van der Waals surface area contributed by atoms with Crippen LogP contribution in [0.25, 0.3) is 11.3 Å². The van der Waals surface area contributed by atoms with Gasteiger partial charge in [-0.05, 0) is 36.4 Å². The Balaban J connectivity index is 1.65. The average molecular weight is 376 g/mol. The Kier molecular flexibility index (Phi) is 4.92. The number of nitrogens with zero attached hydrogens (tertiary/aromatic N) is 2. The van der Waals surface area contributed by atoms with Crippen LogP contribution in [0.5, 0.6) is 0 Å². The van der Waals surface area contributed by atoms with Crippen molar-refractivity contribution in [2.24, 2.45) is 5.10 Å². The number of carbonyl (C=O) groups is 1. The lowest BCUT2D eigenvalue weighted by Crippen LogP contribution is -2.15. The molecule has 0 aliphatic carbocycles. The first-order valence-corrected chi connectivity index (χ1v) is 8.16. The molecule has 0 saturated heterocycles. The maximum absolute atomic E-state index is 11.8. The minimum absolute atomic E-state index is 0.00786. The summed E-state index contributed by atoms with van der Waals surface area (Å²) in [6, 6.07) is 12.6. The van der Waals surface area contributed by atoms with E-state index in [1.807, 2.05) is 0 Å². The van der Waals surface area contributed by atoms with E-state index in [1.54, 1.807) is 36.4 Å². The molecule has 25 heavy (non-hydrogen) atoms. The maximum Gasteiger partial charge on any atom is 0.281 e. The molecule has 0 radical (unpaired) electrons. The summed E-state index contributed by atoms with van der Waals surface area (Å²) < 4.78 is 6.09. The molecule has 0 aliphatic heterocycles. The molecular weight excluding hydrogens is 366 g/mol. The highest BCUT2D eigenvalue weighted by molar-refractivity contribution is 7.17. The lowest BCUT2D eigenvalue weighted by Gasteiger charge is -1.96. The van der Waals surface area contributed by atoms with Gasteiger partial charge in [-0.15, -0.1) is 11.3 Å². The Morgan fingerprint density at radius 2 is 1.96 bits per heavy atom. The van der Waals surface area contributed by atoms with E-state index in [0.717, 1.165) is 11.3 Å². The van der Waals surface area contributed by atoms with Gasteiger partial charge < -0.3 is 4.42 Å². The molecule has 1 N–H and O–H groups in total. The number of benzene rings is 1. The van der Waals surface area contributed by atoms with E-state index in [9.17, 15) is 14.9 Å². The standard InChI is InChI=1S/C16H10ClN3O4S/c17-15-8-7-14(25-15)16(21)19-18-9-12-5-6-13(24-12)10-1-3-11(4-2-10)20(22)23/h1-9H,(H,19,21)/b18-9+. The van der Waals surface area contributed by atoms with E-state index in [2.05, 4.69) is 10.5 Å². The summed E-state index contributed by atoms with van der Waals surface area (Å²) in [5.74, 6) is 0.598. The van der Waals surface area contributed by atoms with Crippen LogP contribution in [0.15, 0.2) is 58.0 Å². The van der Waals surface area contributed by atoms with Crippen LogP contribution >= 0.6 is 22.9 Å². The van der Waals surface area contributed by atoms with Gasteiger partial charge in [0.1, 0.15) is 11.5 Å². The van der Waals surface area contributed by atoms with Gasteiger partial charge in [0.05, 0.1) is 20.4 Å². The first-order chi connectivity index (χ1) is 12.0. The zero-order chi connectivity index (χ0) is 17.8. The zero-order valence-electron chi connectivity index (χ0n) is 12.5. The number of non-ortho nitro benzene ring substituents is 1. The number of furan rings is 1. The minimum Gasteiger partial charge on any atom is -0.455 e. The van der Waals surface area contributed by atoms with Crippen molar-refractivity contribution >= 4 is 40.7 Å². The maximum atomic E-state index is 11.8. The van der Waals surface area contributed by atoms with Crippen LogP contribution < -0.4 is 5.43 Å². The van der Waals surface area contributed by atoms with E-state index in [0.29, 0.717) is 26.3 Å². The molecule has 0 saturated carbocycles. The van der Waals surface area contributed by atoms with Crippen LogP contribution in [0.1, 0.15) is 15.4 Å². The van der Waals surface area contributed by atoms with Gasteiger partial charge in [0.25, 0.3) is 11.6 Å². The van der Waals surface area contributed by atoms with Crippen molar-refractivity contribution in [1.29, 1.82) is 0 Å². The Bertz CT molecular complexity index is 946. The SMILES string of the molecule is O=C(N/N=C/c1ccc(-c2ccc([N+](=O)[O-])cc2)o1)c1ccc(Cl)s1. The van der Waals surface area contributed by atoms with E-state index in [-0.39, 0.29) is 11.6 Å². The van der Waals surface area contributed by atoms with Crippen LogP contribution in [0.4, 0.5) is 5.69 Å². The van der Waals surface area contributed by atoms with Crippen molar-refractivity contribution in [3.8, 4) is 11.3 Å². The van der Waals surface area contributed by atoms with Crippen LogP contribution in [0.2, 0.25) is 4.34 Å². The summed E-state index contributed by atoms with van der Waals surface area (Å²) in [7, 11) is 0. The molecule has 126 valence electrons. The third-order valence-electron chi connectivity index (χ3n) is 3.14. The summed E-state index contributed by atoms with van der Waals surface area (Å²) in [5.41, 5.74) is 3.08. The van der Waals surface area contributed by atoms with Gasteiger partial charge in [0.2, 0.25) is 0 Å². The highest BCUT2D eigenvalue weighted by atomic mass is 35.5. The highest BCUT2D eigenvalue weighted by Gasteiger charge is 2.09. The van der Waals surface area contributed by atoms with Gasteiger partial charge in [-0.3, -0.25) is 14.9 Å². The van der Waals surface area contributed by atoms with E-state index in [4.69, 9.17) is 16.0 Å². The molecule has 0 atom stereocenters. The van der Waals surface area contributed by atoms with Crippen LogP contribution in [-0.4, -0.2) is 17.0 Å². The van der Waals surface area contributed by atoms with Gasteiger partial charge in [0.15, 0.2) is 0 Å². The number of hydrogen-bond acceptors (Lipinski definition) is 6. The first kappa shape index (κ1) is 16.9. The molecule has 0 fully saturated rings. The predicted molar refractivity (Wildman–Crippen MR) is 95.2 cm³/mol. The molecule has 2 aromatic heterocycles. The van der Waals surface area contributed by atoms with Gasteiger partial charge in [-0.25, -0.2) is 5.43 Å². The van der Waals surface area contributed by atoms with Gasteiger partial charge in [-0.1, -0.05) is 11.6 Å². The number of carbonyl (C=O) groups excluding carboxylic acids is 1. The van der Waals surface area contributed by atoms with Crippen molar-refractivity contribution in [2.75, 3.05) is 0 Å². The number of rotatable bonds is 5. The number of nitro benzene ring substituents is 1. The smallest absolute Gasteiger partial charge is 0.281 e. The van der Waals surface area contributed by atoms with Crippen molar-refractivity contribution in [1.82, 2.24) is 5.43 Å². The largest absolute Gasteiger partial charge is 0.455 e. The summed E-state index contributed by atoms with van der Waals surface area (Å²) >= 11 is 6.92. The Labute approximate surface area is 150 Å². The van der Waals surface area contributed by atoms with Crippen molar-refractivity contribution in [3.05, 3.63) is 73.6 Å². The topological polar surface area (TPSA) is 97.7 Å². The Morgan fingerprint density at radius 3 is 2.60 bits per heavy atom. The Morgan fingerprint density at radius 1 is 1.20 bits per heavy atom. The summed E-state index contributed by atoms with van der Waals surface area (Å²) in [4.78, 5) is 22.4. The Hall–Kier alpha value is -2.97. The number of halogens is 1. The second-order valence-electron chi connectivity index (χ2n) is 4.81. The monoisotopic (exact) mass is 375 g/mol. The molecule has 9 heteroatoms. The molecule has 0 unspecified atom stereocenters. The van der Waals surface area contributed by atoms with Crippen molar-refractivity contribution in [2.45, 2.75) is 0 Å². The number of hydrogen-bond donors (Lipinski definition) is 1. The number of amides is 1. The lowest BCUT2D eigenvalue weighted by molar-refractivity contribution is -0.384. The predicted octanol–water partition coefficient (Wildman–Crippen LogP) is 4.33. The summed E-state index contributed by atoms with van der Waals surface area (Å²) in [6.07, 6.45) is 1.36. The fourth-order valence-corrected chi connectivity index (χ4v) is 2.90. The van der Waals surface area contributed by atoms with Crippen LogP contribution in [0.3, 0.4) is 0 Å². The molecule has 0 bridgehead atoms. The second-order valence-corrected chi connectivity index (χ2v) is 6.52. The molecule has 1 amide bonds. The quantitative estimate of drug-likeness (QED) is 0.407. The summed E-state index contributed by atoms with van der Waals surface area (Å²) in [6.45, 7) is 0. The molecule has 7 nitrogen and oxygen atoms in total. The van der Waals surface area contributed by atoms with E-state index in [1.165, 1.54) is 18.3 Å². The highest BCUT2D eigenvalue weighted by Crippen LogP contribution is 2.24. The lowest BCUT2D eigenvalue weighted by atomic mass is 10.1. The number of nitrogens with one attached hydrogen (secondary N) is 1. The first-order valence-electron chi connectivity index (χ1n) is 6.96. The fraction of sp³-hybridized carbons (Fsp3) is 0. The normalized spacial score (nSPS) is 10.9. The van der Waals surface area contributed by atoms with E-state index < -0.39 is 4.92 Å². The molecule has 2 heterocycles. The van der Waals surface area contributed by atoms with E-state index >= 15 is 0 Å². The third kappa shape index (κ3) is 4.11. The molecule has 1 aromatic carbocycles. The molecule has 0 spiro atoms. The van der Waals surface area contributed by atoms with Crippen molar-refractivity contribution < 1.29 is 14.1 Å². The molecule has 3 aromatic rings. The van der Waals surface area contributed by atoms with Gasteiger partial charge >= 0.3 is 0 Å². The number of nitro groups is 1. The molecule has 3 rings (SSSR count). The zero-order valence-corrected chi connectivity index (χ0v) is 14.1. The molecular formula is C16H10ClN3O4S. The van der Waals surface area contributed by atoms with Gasteiger partial charge in [-0.2, -0.15) is 5.10 Å². The second kappa shape index (κ2) is 7.29. The summed E-state index contributed by atoms with van der Waals surface area (Å²) in [5, 5.41) is 14.5. The van der Waals surface area contributed by atoms with Crippen LogP contribution in [0, 0.1) is 10.1 Å². The third-order valence-corrected chi connectivity index (χ3v) is 4.37. The average Bonchev–Trinajstić information content (AvgIpc) is 3.24. The van der Waals surface area contributed by atoms with Crippen molar-refractivity contribution in [3.63, 3.8) is 0 Å². The fourth-order valence-electron chi connectivity index (χ4n) is 1.97. The number of thiophene rings is 1. The number of hydrazone groups is 1. The molecule has 0 aliphatic rings.